The van der Waals surface area contributed by atoms with Crippen molar-refractivity contribution in [3.8, 4) is 0 Å². The minimum Gasteiger partial charge on any atom is -0.302 e. The van der Waals surface area contributed by atoms with Gasteiger partial charge in [-0.05, 0) is 24.3 Å². The SMILES string of the molecule is O=C1CN(C(=O)c2ccccc2F)C(c2cccc(F)c2)N1O. The van der Waals surface area contributed by atoms with E-state index in [1.807, 2.05) is 0 Å². The summed E-state index contributed by atoms with van der Waals surface area (Å²) in [5.41, 5.74) is -0.0138. The van der Waals surface area contributed by atoms with Gasteiger partial charge in [-0.1, -0.05) is 24.3 Å². The van der Waals surface area contributed by atoms with Gasteiger partial charge in [-0.3, -0.25) is 14.8 Å². The van der Waals surface area contributed by atoms with E-state index in [1.165, 1.54) is 36.4 Å². The van der Waals surface area contributed by atoms with Crippen LogP contribution in [0.3, 0.4) is 0 Å². The van der Waals surface area contributed by atoms with E-state index < -0.39 is 36.2 Å². The Labute approximate surface area is 130 Å². The fraction of sp³-hybridized carbons (Fsp3) is 0.125. The van der Waals surface area contributed by atoms with Gasteiger partial charge < -0.3 is 4.90 Å². The molecular formula is C16H12F2N2O3. The van der Waals surface area contributed by atoms with Crippen LogP contribution < -0.4 is 0 Å². The fourth-order valence-electron chi connectivity index (χ4n) is 2.53. The first-order valence-electron chi connectivity index (χ1n) is 6.81. The molecule has 2 aromatic carbocycles. The van der Waals surface area contributed by atoms with Crippen LogP contribution in [0.4, 0.5) is 8.78 Å². The summed E-state index contributed by atoms with van der Waals surface area (Å²) >= 11 is 0. The molecule has 1 fully saturated rings. The van der Waals surface area contributed by atoms with Gasteiger partial charge in [0.2, 0.25) is 0 Å². The highest BCUT2D eigenvalue weighted by Crippen LogP contribution is 2.31. The first-order chi connectivity index (χ1) is 11.0. The highest BCUT2D eigenvalue weighted by atomic mass is 19.1. The summed E-state index contributed by atoms with van der Waals surface area (Å²) in [7, 11) is 0. The minimum absolute atomic E-state index is 0.211. The predicted molar refractivity (Wildman–Crippen MR) is 75.2 cm³/mol. The maximum Gasteiger partial charge on any atom is 0.267 e. The number of nitrogens with zero attached hydrogens (tertiary/aromatic N) is 2. The van der Waals surface area contributed by atoms with Gasteiger partial charge in [-0.15, -0.1) is 0 Å². The van der Waals surface area contributed by atoms with Crippen molar-refractivity contribution in [1.82, 2.24) is 9.96 Å². The van der Waals surface area contributed by atoms with Crippen LogP contribution in [0.15, 0.2) is 48.5 Å². The largest absolute Gasteiger partial charge is 0.302 e. The van der Waals surface area contributed by atoms with Crippen LogP contribution in [0.5, 0.6) is 0 Å². The Balaban J connectivity index is 2.01. The lowest BCUT2D eigenvalue weighted by Crippen LogP contribution is -2.34. The van der Waals surface area contributed by atoms with Crippen molar-refractivity contribution in [2.75, 3.05) is 6.54 Å². The third kappa shape index (κ3) is 2.66. The van der Waals surface area contributed by atoms with Crippen LogP contribution >= 0.6 is 0 Å². The molecule has 1 atom stereocenters. The Bertz CT molecular complexity index is 781. The second-order valence-electron chi connectivity index (χ2n) is 5.08. The van der Waals surface area contributed by atoms with Crippen molar-refractivity contribution in [3.05, 3.63) is 71.3 Å². The molecule has 2 aromatic rings. The Hall–Kier alpha value is -2.80. The van der Waals surface area contributed by atoms with E-state index in [2.05, 4.69) is 0 Å². The number of hydrogen-bond donors (Lipinski definition) is 1. The number of carbonyl (C=O) groups is 2. The molecule has 1 heterocycles. The number of benzene rings is 2. The summed E-state index contributed by atoms with van der Waals surface area (Å²) in [6, 6.07) is 10.5. The molecule has 1 unspecified atom stereocenters. The Morgan fingerprint density at radius 1 is 1.13 bits per heavy atom. The van der Waals surface area contributed by atoms with Gasteiger partial charge in [0.1, 0.15) is 18.2 Å². The quantitative estimate of drug-likeness (QED) is 0.865. The van der Waals surface area contributed by atoms with Crippen LogP contribution in [0.25, 0.3) is 0 Å². The molecule has 5 nitrogen and oxygen atoms in total. The summed E-state index contributed by atoms with van der Waals surface area (Å²) < 4.78 is 27.2. The topological polar surface area (TPSA) is 60.9 Å². The first kappa shape index (κ1) is 15.1. The second-order valence-corrected chi connectivity index (χ2v) is 5.08. The normalized spacial score (nSPS) is 17.7. The molecule has 0 aliphatic carbocycles. The van der Waals surface area contributed by atoms with Crippen LogP contribution in [-0.2, 0) is 4.79 Å². The predicted octanol–water partition coefficient (Wildman–Crippen LogP) is 2.34. The number of hydroxylamine groups is 2. The van der Waals surface area contributed by atoms with E-state index in [4.69, 9.17) is 0 Å². The molecule has 0 radical (unpaired) electrons. The molecule has 0 bridgehead atoms. The lowest BCUT2D eigenvalue weighted by Gasteiger charge is -2.26. The van der Waals surface area contributed by atoms with Crippen molar-refractivity contribution < 1.29 is 23.6 Å². The third-order valence-corrected chi connectivity index (χ3v) is 3.60. The van der Waals surface area contributed by atoms with Gasteiger partial charge in [-0.2, -0.15) is 5.06 Å². The van der Waals surface area contributed by atoms with Crippen molar-refractivity contribution in [1.29, 1.82) is 0 Å². The average molecular weight is 318 g/mol. The zero-order valence-corrected chi connectivity index (χ0v) is 11.8. The van der Waals surface area contributed by atoms with Crippen molar-refractivity contribution >= 4 is 11.8 Å². The zero-order chi connectivity index (χ0) is 16.6. The lowest BCUT2D eigenvalue weighted by atomic mass is 10.1. The van der Waals surface area contributed by atoms with Gasteiger partial charge in [0.25, 0.3) is 11.8 Å². The summed E-state index contributed by atoms with van der Waals surface area (Å²) in [5.74, 6) is -2.81. The molecule has 23 heavy (non-hydrogen) atoms. The molecule has 3 rings (SSSR count). The Morgan fingerprint density at radius 2 is 1.87 bits per heavy atom. The highest BCUT2D eigenvalue weighted by molar-refractivity contribution is 5.98. The number of halogens is 2. The molecule has 0 spiro atoms. The van der Waals surface area contributed by atoms with E-state index in [0.717, 1.165) is 17.0 Å². The van der Waals surface area contributed by atoms with E-state index in [-0.39, 0.29) is 11.1 Å². The summed E-state index contributed by atoms with van der Waals surface area (Å²) in [4.78, 5) is 25.3. The average Bonchev–Trinajstić information content (AvgIpc) is 2.83. The van der Waals surface area contributed by atoms with E-state index in [1.54, 1.807) is 0 Å². The van der Waals surface area contributed by atoms with Gasteiger partial charge in [0.15, 0.2) is 6.17 Å². The lowest BCUT2D eigenvalue weighted by molar-refractivity contribution is -0.168. The van der Waals surface area contributed by atoms with E-state index >= 15 is 0 Å². The molecule has 2 amide bonds. The highest BCUT2D eigenvalue weighted by Gasteiger charge is 2.42. The molecule has 1 N–H and O–H groups in total. The molecule has 1 saturated heterocycles. The van der Waals surface area contributed by atoms with Crippen molar-refractivity contribution in [2.45, 2.75) is 6.17 Å². The standard InChI is InChI=1S/C16H12F2N2O3/c17-11-5-3-4-10(8-11)15-19(9-14(21)20(15)23)16(22)12-6-1-2-7-13(12)18/h1-8,15,23H,9H2. The Morgan fingerprint density at radius 3 is 2.57 bits per heavy atom. The zero-order valence-electron chi connectivity index (χ0n) is 11.8. The van der Waals surface area contributed by atoms with Crippen molar-refractivity contribution in [3.63, 3.8) is 0 Å². The number of hydrogen-bond acceptors (Lipinski definition) is 3. The van der Waals surface area contributed by atoms with Gasteiger partial charge >= 0.3 is 0 Å². The molecule has 0 aromatic heterocycles. The minimum atomic E-state index is -1.20. The number of amides is 2. The van der Waals surface area contributed by atoms with E-state index in [0.29, 0.717) is 5.06 Å². The van der Waals surface area contributed by atoms with Gasteiger partial charge in [-0.25, -0.2) is 8.78 Å². The molecule has 118 valence electrons. The fourth-order valence-corrected chi connectivity index (χ4v) is 2.53. The van der Waals surface area contributed by atoms with Crippen LogP contribution in [0.1, 0.15) is 22.1 Å². The maximum atomic E-state index is 13.8. The van der Waals surface area contributed by atoms with Gasteiger partial charge in [0.05, 0.1) is 5.56 Å². The third-order valence-electron chi connectivity index (χ3n) is 3.60. The first-order valence-corrected chi connectivity index (χ1v) is 6.81. The molecule has 1 aliphatic heterocycles. The Kier molecular flexibility index (Phi) is 3.79. The number of rotatable bonds is 2. The van der Waals surface area contributed by atoms with Crippen LogP contribution in [-0.4, -0.2) is 33.5 Å². The summed E-state index contributed by atoms with van der Waals surface area (Å²) in [6.45, 7) is -0.426. The van der Waals surface area contributed by atoms with E-state index in [9.17, 15) is 23.6 Å². The van der Waals surface area contributed by atoms with Crippen molar-refractivity contribution in [2.24, 2.45) is 0 Å². The van der Waals surface area contributed by atoms with Gasteiger partial charge in [0, 0.05) is 5.56 Å². The molecule has 1 aliphatic rings. The molecule has 0 saturated carbocycles. The molecular weight excluding hydrogens is 306 g/mol. The summed E-state index contributed by atoms with van der Waals surface area (Å²) in [6.07, 6.45) is -1.20. The van der Waals surface area contributed by atoms with Crippen LogP contribution in [0.2, 0.25) is 0 Å². The van der Waals surface area contributed by atoms with Crippen LogP contribution in [0, 0.1) is 11.6 Å². The second kappa shape index (κ2) is 5.77. The maximum absolute atomic E-state index is 13.8. The monoisotopic (exact) mass is 318 g/mol. The summed E-state index contributed by atoms with van der Waals surface area (Å²) in [5, 5.41) is 10.3. The number of carbonyl (C=O) groups excluding carboxylic acids is 2. The molecule has 7 heteroatoms. The smallest absolute Gasteiger partial charge is 0.267 e.